The van der Waals surface area contributed by atoms with Crippen LogP contribution in [-0.2, 0) is 10.9 Å². The number of hydrogen-bond acceptors (Lipinski definition) is 7. The number of halogens is 3. The lowest BCUT2D eigenvalue weighted by Crippen LogP contribution is -2.52. The number of nitrogens with one attached hydrogen (secondary N) is 1. The fraction of sp³-hybridized carbons (Fsp3) is 0.471. The van der Waals surface area contributed by atoms with E-state index in [0.29, 0.717) is 24.8 Å². The Morgan fingerprint density at radius 3 is 2.63 bits per heavy atom. The van der Waals surface area contributed by atoms with Gasteiger partial charge in [0, 0.05) is 12.2 Å². The highest BCUT2D eigenvalue weighted by Crippen LogP contribution is 2.36. The molecule has 2 aromatic rings. The molecule has 7 nitrogen and oxygen atoms in total. The Balaban J connectivity index is 1.85. The predicted molar refractivity (Wildman–Crippen MR) is 90.1 cm³/mol. The van der Waals surface area contributed by atoms with Crippen LogP contribution < -0.4 is 5.32 Å². The molecular formula is C17H19F3N4O3. The van der Waals surface area contributed by atoms with E-state index >= 15 is 0 Å². The first kappa shape index (κ1) is 19.3. The van der Waals surface area contributed by atoms with Gasteiger partial charge in [0.05, 0.1) is 23.9 Å². The van der Waals surface area contributed by atoms with Crippen molar-refractivity contribution in [1.29, 1.82) is 0 Å². The van der Waals surface area contributed by atoms with Gasteiger partial charge in [-0.05, 0) is 38.5 Å². The molecule has 1 saturated heterocycles. The van der Waals surface area contributed by atoms with Crippen molar-refractivity contribution in [3.8, 4) is 17.0 Å². The summed E-state index contributed by atoms with van der Waals surface area (Å²) < 4.78 is 43.4. The molecule has 1 aromatic carbocycles. The lowest BCUT2D eigenvalue weighted by atomic mass is 9.93. The maximum atomic E-state index is 12.7. The van der Waals surface area contributed by atoms with Gasteiger partial charge in [-0.15, -0.1) is 10.2 Å². The first-order chi connectivity index (χ1) is 12.6. The molecule has 1 aromatic heterocycles. The first-order valence-corrected chi connectivity index (χ1v) is 8.26. The van der Waals surface area contributed by atoms with Crippen LogP contribution >= 0.6 is 0 Å². The number of rotatable bonds is 3. The zero-order valence-corrected chi connectivity index (χ0v) is 14.7. The number of nitrogens with zero attached hydrogens (tertiary/aromatic N) is 3. The predicted octanol–water partition coefficient (Wildman–Crippen LogP) is 2.52. The molecule has 0 saturated carbocycles. The summed E-state index contributed by atoms with van der Waals surface area (Å²) in [5.74, 6) is -0.382. The van der Waals surface area contributed by atoms with Crippen molar-refractivity contribution in [2.75, 3.05) is 18.5 Å². The number of benzene rings is 1. The van der Waals surface area contributed by atoms with Crippen molar-refractivity contribution in [1.82, 2.24) is 15.2 Å². The largest absolute Gasteiger partial charge is 0.507 e. The molecule has 1 aliphatic rings. The molecule has 146 valence electrons. The molecule has 0 radical (unpaired) electrons. The molecule has 0 bridgehead atoms. The van der Waals surface area contributed by atoms with E-state index in [1.165, 1.54) is 0 Å². The Morgan fingerprint density at radius 2 is 2.04 bits per heavy atom. The van der Waals surface area contributed by atoms with Gasteiger partial charge >= 0.3 is 6.18 Å². The van der Waals surface area contributed by atoms with Crippen LogP contribution in [0.2, 0.25) is 0 Å². The van der Waals surface area contributed by atoms with Crippen LogP contribution in [0.1, 0.15) is 24.6 Å². The third-order valence-corrected chi connectivity index (χ3v) is 4.44. The maximum Gasteiger partial charge on any atom is 0.416 e. The molecule has 0 spiro atoms. The van der Waals surface area contributed by atoms with E-state index in [1.807, 2.05) is 0 Å². The van der Waals surface area contributed by atoms with E-state index in [2.05, 4.69) is 20.5 Å². The van der Waals surface area contributed by atoms with E-state index < -0.39 is 23.1 Å². The minimum Gasteiger partial charge on any atom is -0.507 e. The molecule has 2 atom stereocenters. The number of hydrogen-bond donors (Lipinski definition) is 3. The Bertz CT molecular complexity index is 843. The molecule has 1 aliphatic heterocycles. The van der Waals surface area contributed by atoms with Crippen LogP contribution in [0.5, 0.6) is 5.75 Å². The first-order valence-electron chi connectivity index (χ1n) is 8.26. The second kappa shape index (κ2) is 6.93. The highest BCUT2D eigenvalue weighted by Gasteiger charge is 2.36. The molecule has 3 rings (SSSR count). The minimum absolute atomic E-state index is 0.102. The second-order valence-electron chi connectivity index (χ2n) is 6.69. The van der Waals surface area contributed by atoms with Crippen molar-refractivity contribution >= 4 is 5.95 Å². The number of ether oxygens (including phenoxy) is 1. The summed E-state index contributed by atoms with van der Waals surface area (Å²) in [6, 6.07) is 2.30. The lowest BCUT2D eigenvalue weighted by Gasteiger charge is -2.37. The molecule has 0 unspecified atom stereocenters. The summed E-state index contributed by atoms with van der Waals surface area (Å²) in [6.07, 6.45) is -4.00. The van der Waals surface area contributed by atoms with E-state index in [4.69, 9.17) is 4.74 Å². The van der Waals surface area contributed by atoms with Gasteiger partial charge in [-0.3, -0.25) is 0 Å². The summed E-state index contributed by atoms with van der Waals surface area (Å²) in [6.45, 7) is 3.90. The second-order valence-corrected chi connectivity index (χ2v) is 6.69. The van der Waals surface area contributed by atoms with Gasteiger partial charge in [-0.25, -0.2) is 4.98 Å². The lowest BCUT2D eigenvalue weighted by molar-refractivity contribution is -0.137. The molecule has 3 N–H and O–H groups in total. The number of alkyl halides is 3. The number of aromatic hydroxyl groups is 1. The molecule has 0 amide bonds. The maximum absolute atomic E-state index is 12.7. The van der Waals surface area contributed by atoms with Crippen LogP contribution in [0.4, 0.5) is 19.1 Å². The van der Waals surface area contributed by atoms with Gasteiger partial charge < -0.3 is 20.3 Å². The van der Waals surface area contributed by atoms with Gasteiger partial charge in [-0.2, -0.15) is 13.2 Å². The van der Waals surface area contributed by atoms with Crippen molar-refractivity contribution in [3.05, 3.63) is 29.5 Å². The normalized spacial score (nSPS) is 23.3. The van der Waals surface area contributed by atoms with Gasteiger partial charge in [0.25, 0.3) is 0 Å². The van der Waals surface area contributed by atoms with Crippen LogP contribution in [0.3, 0.4) is 0 Å². The minimum atomic E-state index is -4.55. The standard InChI is InChI=1S/C17H19F3N4O3/c1-9-14(11-4-3-10(7-12(11)25)17(18,19)20)23-24-15(21-9)22-13-5-6-27-8-16(13,2)26/h3-4,7,13,25-26H,5-6,8H2,1-2H3,(H,21,22,24)/t13-,16-/m1/s1. The highest BCUT2D eigenvalue weighted by atomic mass is 19.4. The van der Waals surface area contributed by atoms with E-state index in [0.717, 1.165) is 12.1 Å². The van der Waals surface area contributed by atoms with E-state index in [9.17, 15) is 23.4 Å². The summed E-state index contributed by atoms with van der Waals surface area (Å²) in [4.78, 5) is 4.25. The monoisotopic (exact) mass is 384 g/mol. The number of aromatic nitrogens is 3. The molecule has 27 heavy (non-hydrogen) atoms. The third-order valence-electron chi connectivity index (χ3n) is 4.44. The third kappa shape index (κ3) is 4.11. The van der Waals surface area contributed by atoms with Crippen LogP contribution in [0, 0.1) is 6.92 Å². The van der Waals surface area contributed by atoms with E-state index in [-0.39, 0.29) is 29.9 Å². The Kier molecular flexibility index (Phi) is 4.96. The Hall–Kier alpha value is -2.46. The van der Waals surface area contributed by atoms with Crippen LogP contribution in [-0.4, -0.2) is 50.3 Å². The fourth-order valence-electron chi connectivity index (χ4n) is 2.90. The Morgan fingerprint density at radius 1 is 1.30 bits per heavy atom. The summed E-state index contributed by atoms with van der Waals surface area (Å²) in [7, 11) is 0. The van der Waals surface area contributed by atoms with Gasteiger partial charge in [0.1, 0.15) is 17.0 Å². The van der Waals surface area contributed by atoms with Gasteiger partial charge in [0.2, 0.25) is 5.95 Å². The van der Waals surface area contributed by atoms with Gasteiger partial charge in [-0.1, -0.05) is 0 Å². The molecule has 2 heterocycles. The summed E-state index contributed by atoms with van der Waals surface area (Å²) in [5.41, 5.74) is -1.41. The van der Waals surface area contributed by atoms with E-state index in [1.54, 1.807) is 13.8 Å². The number of phenols is 1. The average molecular weight is 384 g/mol. The Labute approximate surface area is 153 Å². The number of anilines is 1. The molecular weight excluding hydrogens is 365 g/mol. The fourth-order valence-corrected chi connectivity index (χ4v) is 2.90. The molecule has 0 aliphatic carbocycles. The van der Waals surface area contributed by atoms with Crippen molar-refractivity contribution < 1.29 is 28.1 Å². The van der Waals surface area contributed by atoms with Crippen molar-refractivity contribution in [2.45, 2.75) is 38.1 Å². The van der Waals surface area contributed by atoms with Crippen molar-refractivity contribution in [3.63, 3.8) is 0 Å². The topological polar surface area (TPSA) is 100 Å². The number of aryl methyl sites for hydroxylation is 1. The number of aliphatic hydroxyl groups is 1. The zero-order valence-electron chi connectivity index (χ0n) is 14.7. The quantitative estimate of drug-likeness (QED) is 0.748. The molecule has 1 fully saturated rings. The molecule has 10 heteroatoms. The average Bonchev–Trinajstić information content (AvgIpc) is 2.56. The zero-order chi connectivity index (χ0) is 19.8. The highest BCUT2D eigenvalue weighted by molar-refractivity contribution is 5.69. The van der Waals surface area contributed by atoms with Crippen LogP contribution in [0.15, 0.2) is 18.2 Å². The smallest absolute Gasteiger partial charge is 0.416 e. The SMILES string of the molecule is Cc1nc(N[C@@H]2CCOC[C@@]2(C)O)nnc1-c1ccc(C(F)(F)F)cc1O. The summed E-state index contributed by atoms with van der Waals surface area (Å²) >= 11 is 0. The summed E-state index contributed by atoms with van der Waals surface area (Å²) in [5, 5.41) is 31.2. The van der Waals surface area contributed by atoms with Crippen LogP contribution in [0.25, 0.3) is 11.3 Å². The van der Waals surface area contributed by atoms with Crippen molar-refractivity contribution in [2.24, 2.45) is 0 Å². The number of phenolic OH excluding ortho intramolecular Hbond substituents is 1. The van der Waals surface area contributed by atoms with Gasteiger partial charge in [0.15, 0.2) is 0 Å².